The predicted octanol–water partition coefficient (Wildman–Crippen LogP) is 1.53. The average Bonchev–Trinajstić information content (AvgIpc) is 2.38. The van der Waals surface area contributed by atoms with Crippen LogP contribution in [-0.4, -0.2) is 37.4 Å². The van der Waals surface area contributed by atoms with Crippen LogP contribution in [0.25, 0.3) is 0 Å². The van der Waals surface area contributed by atoms with E-state index in [0.29, 0.717) is 31.1 Å². The first kappa shape index (κ1) is 14.3. The molecule has 0 amide bonds. The highest BCUT2D eigenvalue weighted by molar-refractivity contribution is 5.73. The summed E-state index contributed by atoms with van der Waals surface area (Å²) in [6.07, 6.45) is 0.417. The van der Waals surface area contributed by atoms with E-state index in [9.17, 15) is 4.79 Å². The van der Waals surface area contributed by atoms with Gasteiger partial charge in [-0.1, -0.05) is 13.0 Å². The predicted molar refractivity (Wildman–Crippen MR) is 68.2 cm³/mol. The van der Waals surface area contributed by atoms with Crippen molar-refractivity contribution in [1.29, 1.82) is 0 Å². The summed E-state index contributed by atoms with van der Waals surface area (Å²) < 4.78 is 10.6. The molecule has 0 aliphatic rings. The molecule has 2 N–H and O–H groups in total. The van der Waals surface area contributed by atoms with E-state index in [1.165, 1.54) is 0 Å². The monoisotopic (exact) mass is 253 g/mol. The lowest BCUT2D eigenvalue weighted by molar-refractivity contribution is -0.139. The molecular formula is C13H19NO4. The van der Waals surface area contributed by atoms with Crippen molar-refractivity contribution in [1.82, 2.24) is 5.32 Å². The van der Waals surface area contributed by atoms with Crippen molar-refractivity contribution in [3.05, 3.63) is 24.3 Å². The summed E-state index contributed by atoms with van der Waals surface area (Å²) in [5.41, 5.74) is 0. The summed E-state index contributed by atoms with van der Waals surface area (Å²) in [5.74, 6) is 0.537. The van der Waals surface area contributed by atoms with Crippen LogP contribution < -0.4 is 14.8 Å². The van der Waals surface area contributed by atoms with E-state index < -0.39 is 12.0 Å². The number of carboxylic acid groups (broad SMARTS) is 1. The quantitative estimate of drug-likeness (QED) is 0.735. The second-order valence-corrected chi connectivity index (χ2v) is 3.76. The van der Waals surface area contributed by atoms with Gasteiger partial charge in [-0.2, -0.15) is 0 Å². The van der Waals surface area contributed by atoms with E-state index in [1.807, 2.05) is 25.1 Å². The van der Waals surface area contributed by atoms with E-state index in [4.69, 9.17) is 14.6 Å². The van der Waals surface area contributed by atoms with Crippen LogP contribution in [0.15, 0.2) is 24.3 Å². The average molecular weight is 253 g/mol. The lowest BCUT2D eigenvalue weighted by atomic mass is 10.2. The molecule has 0 radical (unpaired) electrons. The molecule has 1 aromatic carbocycles. The lowest BCUT2D eigenvalue weighted by Gasteiger charge is -2.13. The maximum Gasteiger partial charge on any atom is 0.320 e. The number of carbonyl (C=O) groups is 1. The van der Waals surface area contributed by atoms with Crippen LogP contribution in [-0.2, 0) is 4.79 Å². The maximum atomic E-state index is 10.9. The van der Waals surface area contributed by atoms with Gasteiger partial charge in [-0.15, -0.1) is 0 Å². The number of methoxy groups -OCH3 is 1. The van der Waals surface area contributed by atoms with Crippen molar-refractivity contribution >= 4 is 5.97 Å². The van der Waals surface area contributed by atoms with E-state index in [1.54, 1.807) is 13.2 Å². The molecule has 1 unspecified atom stereocenters. The van der Waals surface area contributed by atoms with Gasteiger partial charge >= 0.3 is 5.97 Å². The summed E-state index contributed by atoms with van der Waals surface area (Å²) in [7, 11) is 1.59. The summed E-state index contributed by atoms with van der Waals surface area (Å²) in [6.45, 7) is 2.84. The Balaban J connectivity index is 2.42. The highest BCUT2D eigenvalue weighted by Crippen LogP contribution is 2.18. The number of aliphatic carboxylic acids is 1. The zero-order chi connectivity index (χ0) is 13.4. The molecule has 1 atom stereocenters. The van der Waals surface area contributed by atoms with Crippen LogP contribution in [0.5, 0.6) is 11.5 Å². The highest BCUT2D eigenvalue weighted by Gasteiger charge is 2.15. The van der Waals surface area contributed by atoms with Gasteiger partial charge in [0.1, 0.15) is 17.5 Å². The summed E-state index contributed by atoms with van der Waals surface area (Å²) in [4.78, 5) is 10.9. The number of carboxylic acids is 1. The molecule has 1 rings (SSSR count). The minimum atomic E-state index is -0.855. The summed E-state index contributed by atoms with van der Waals surface area (Å²) in [6, 6.07) is 6.66. The summed E-state index contributed by atoms with van der Waals surface area (Å²) in [5, 5.41) is 11.8. The van der Waals surface area contributed by atoms with Gasteiger partial charge in [-0.25, -0.2) is 0 Å². The number of rotatable bonds is 8. The van der Waals surface area contributed by atoms with Gasteiger partial charge in [0, 0.05) is 12.5 Å². The van der Waals surface area contributed by atoms with Crippen molar-refractivity contribution in [2.75, 3.05) is 20.3 Å². The molecule has 100 valence electrons. The highest BCUT2D eigenvalue weighted by atomic mass is 16.5. The topological polar surface area (TPSA) is 67.8 Å². The fourth-order valence-electron chi connectivity index (χ4n) is 1.54. The van der Waals surface area contributed by atoms with Gasteiger partial charge < -0.3 is 19.9 Å². The first-order chi connectivity index (χ1) is 8.67. The third-order valence-corrected chi connectivity index (χ3v) is 2.47. The second kappa shape index (κ2) is 7.55. The van der Waals surface area contributed by atoms with E-state index in [2.05, 4.69) is 5.32 Å². The molecule has 18 heavy (non-hydrogen) atoms. The molecule has 1 aromatic rings. The maximum absolute atomic E-state index is 10.9. The second-order valence-electron chi connectivity index (χ2n) is 3.76. The van der Waals surface area contributed by atoms with Gasteiger partial charge in [0.05, 0.1) is 13.7 Å². The SMILES string of the molecule is CCNC(CCOc1cccc(OC)c1)C(=O)O. The van der Waals surface area contributed by atoms with Crippen molar-refractivity contribution in [2.45, 2.75) is 19.4 Å². The van der Waals surface area contributed by atoms with Crippen LogP contribution in [0.2, 0.25) is 0 Å². The number of ether oxygens (including phenoxy) is 2. The van der Waals surface area contributed by atoms with Gasteiger partial charge in [-0.05, 0) is 18.7 Å². The molecule has 0 spiro atoms. The molecule has 0 fully saturated rings. The fourth-order valence-corrected chi connectivity index (χ4v) is 1.54. The van der Waals surface area contributed by atoms with Crippen LogP contribution in [0.3, 0.4) is 0 Å². The molecule has 0 saturated heterocycles. The Hall–Kier alpha value is -1.75. The minimum absolute atomic E-state index is 0.344. The third kappa shape index (κ3) is 4.63. The standard InChI is InChI=1S/C13H19NO4/c1-3-14-12(13(15)16)7-8-18-11-6-4-5-10(9-11)17-2/h4-6,9,12,14H,3,7-8H2,1-2H3,(H,15,16). The van der Waals surface area contributed by atoms with Gasteiger partial charge in [-0.3, -0.25) is 4.79 Å². The van der Waals surface area contributed by atoms with Gasteiger partial charge in [0.25, 0.3) is 0 Å². The van der Waals surface area contributed by atoms with Crippen LogP contribution in [0.1, 0.15) is 13.3 Å². The zero-order valence-electron chi connectivity index (χ0n) is 10.7. The Kier molecular flexibility index (Phi) is 6.00. The molecule has 0 aliphatic carbocycles. The molecular weight excluding hydrogens is 234 g/mol. The summed E-state index contributed by atoms with van der Waals surface area (Å²) >= 11 is 0. The largest absolute Gasteiger partial charge is 0.497 e. The Labute approximate surface area is 107 Å². The molecule has 0 saturated carbocycles. The first-order valence-electron chi connectivity index (χ1n) is 5.90. The van der Waals surface area contributed by atoms with Crippen molar-refractivity contribution in [2.24, 2.45) is 0 Å². The number of nitrogens with one attached hydrogen (secondary N) is 1. The van der Waals surface area contributed by atoms with Gasteiger partial charge in [0.2, 0.25) is 0 Å². The molecule has 0 aromatic heterocycles. The molecule has 0 bridgehead atoms. The van der Waals surface area contributed by atoms with E-state index >= 15 is 0 Å². The number of hydrogen-bond acceptors (Lipinski definition) is 4. The minimum Gasteiger partial charge on any atom is -0.497 e. The zero-order valence-corrected chi connectivity index (χ0v) is 10.7. The Morgan fingerprint density at radius 3 is 2.78 bits per heavy atom. The number of benzene rings is 1. The van der Waals surface area contributed by atoms with Crippen LogP contribution in [0, 0.1) is 0 Å². The van der Waals surface area contributed by atoms with Crippen LogP contribution >= 0.6 is 0 Å². The molecule has 5 heteroatoms. The normalized spacial score (nSPS) is 11.9. The van der Waals surface area contributed by atoms with Crippen molar-refractivity contribution < 1.29 is 19.4 Å². The first-order valence-corrected chi connectivity index (χ1v) is 5.90. The fraction of sp³-hybridized carbons (Fsp3) is 0.462. The molecule has 0 aliphatic heterocycles. The number of hydrogen-bond donors (Lipinski definition) is 2. The van der Waals surface area contributed by atoms with Crippen molar-refractivity contribution in [3.63, 3.8) is 0 Å². The number of likely N-dealkylation sites (N-methyl/N-ethyl adjacent to an activating group) is 1. The lowest BCUT2D eigenvalue weighted by Crippen LogP contribution is -2.37. The van der Waals surface area contributed by atoms with Crippen molar-refractivity contribution in [3.8, 4) is 11.5 Å². The Bertz CT molecular complexity index is 381. The van der Waals surface area contributed by atoms with Crippen LogP contribution in [0.4, 0.5) is 0 Å². The Morgan fingerprint density at radius 1 is 1.44 bits per heavy atom. The molecule has 0 heterocycles. The molecule has 5 nitrogen and oxygen atoms in total. The Morgan fingerprint density at radius 2 is 2.17 bits per heavy atom. The smallest absolute Gasteiger partial charge is 0.320 e. The van der Waals surface area contributed by atoms with E-state index in [0.717, 1.165) is 0 Å². The van der Waals surface area contributed by atoms with E-state index in [-0.39, 0.29) is 0 Å². The van der Waals surface area contributed by atoms with Gasteiger partial charge in [0.15, 0.2) is 0 Å². The third-order valence-electron chi connectivity index (χ3n) is 2.47.